The van der Waals surface area contributed by atoms with Gasteiger partial charge in [-0.1, -0.05) is 28.4 Å². The molecule has 25 heavy (non-hydrogen) atoms. The minimum absolute atomic E-state index is 0.219. The highest BCUT2D eigenvalue weighted by molar-refractivity contribution is 6.35. The molecule has 0 spiro atoms. The Hall–Kier alpha value is -1.52. The second-order valence-electron chi connectivity index (χ2n) is 5.02. The van der Waals surface area contributed by atoms with Gasteiger partial charge >= 0.3 is 12.4 Å². The van der Waals surface area contributed by atoms with E-state index in [0.717, 1.165) is 12.1 Å². The molecule has 0 bridgehead atoms. The summed E-state index contributed by atoms with van der Waals surface area (Å²) in [5.74, 6) is -2.37. The zero-order valence-corrected chi connectivity index (χ0v) is 13.5. The molecule has 0 aliphatic carbocycles. The summed E-state index contributed by atoms with van der Waals surface area (Å²) in [6.07, 6.45) is -9.33. The van der Waals surface area contributed by atoms with Gasteiger partial charge in [-0.2, -0.15) is 31.3 Å². The van der Waals surface area contributed by atoms with Crippen molar-refractivity contribution in [2.24, 2.45) is 0 Å². The Morgan fingerprint density at radius 1 is 1.12 bits per heavy atom. The van der Waals surface area contributed by atoms with Crippen LogP contribution in [-0.2, 0) is 11.8 Å². The van der Waals surface area contributed by atoms with Gasteiger partial charge in [0.2, 0.25) is 5.89 Å². The summed E-state index contributed by atoms with van der Waals surface area (Å²) >= 11 is 11.5. The van der Waals surface area contributed by atoms with Gasteiger partial charge in [0, 0.05) is 10.0 Å². The smallest absolute Gasteiger partial charge is 0.376 e. The van der Waals surface area contributed by atoms with Crippen LogP contribution in [0.2, 0.25) is 10.0 Å². The molecule has 2 rings (SSSR count). The summed E-state index contributed by atoms with van der Waals surface area (Å²) in [7, 11) is 0. The zero-order chi connectivity index (χ0) is 19.2. The first-order valence-corrected chi connectivity index (χ1v) is 7.03. The SMILES string of the molecule is C[C@@](O)(c1cc(Cl)cc(Cl)c1[CH]c1nc(C(F)(F)F)no1)C(F)(F)F. The van der Waals surface area contributed by atoms with Crippen LogP contribution < -0.4 is 0 Å². The number of rotatable bonds is 3. The van der Waals surface area contributed by atoms with E-state index in [1.54, 1.807) is 0 Å². The largest absolute Gasteiger partial charge is 0.455 e. The minimum Gasteiger partial charge on any atom is -0.376 e. The molecule has 0 unspecified atom stereocenters. The standard InChI is InChI=1S/C13H7Cl2F6N2O2/c1-11(24,13(19,20)21)7-2-5(14)3-8(15)6(7)4-9-22-10(23-25-9)12(16,17)18/h2-4,24H,1H3/t11-/m1/s1. The summed E-state index contributed by atoms with van der Waals surface area (Å²) in [4.78, 5) is 3.01. The van der Waals surface area contributed by atoms with E-state index in [9.17, 15) is 31.4 Å². The van der Waals surface area contributed by atoms with Crippen molar-refractivity contribution in [3.63, 3.8) is 0 Å². The lowest BCUT2D eigenvalue weighted by Crippen LogP contribution is -2.40. The van der Waals surface area contributed by atoms with Gasteiger partial charge in [-0.15, -0.1) is 0 Å². The normalized spacial score (nSPS) is 15.3. The Balaban J connectivity index is 2.53. The Morgan fingerprint density at radius 3 is 2.20 bits per heavy atom. The van der Waals surface area contributed by atoms with Gasteiger partial charge in [0.05, 0.1) is 6.42 Å². The number of hydrogen-bond donors (Lipinski definition) is 1. The maximum atomic E-state index is 13.1. The summed E-state index contributed by atoms with van der Waals surface area (Å²) in [5.41, 5.74) is -4.64. The highest BCUT2D eigenvalue weighted by Crippen LogP contribution is 2.43. The molecule has 0 aliphatic rings. The molecule has 0 saturated heterocycles. The van der Waals surface area contributed by atoms with Crippen molar-refractivity contribution in [2.45, 2.75) is 24.9 Å². The first kappa shape index (κ1) is 19.8. The molecule has 12 heteroatoms. The van der Waals surface area contributed by atoms with E-state index in [2.05, 4.69) is 14.7 Å². The number of aliphatic hydroxyl groups is 1. The Kier molecular flexibility index (Phi) is 5.01. The molecule has 0 aliphatic heterocycles. The van der Waals surface area contributed by atoms with Crippen molar-refractivity contribution in [1.29, 1.82) is 0 Å². The van der Waals surface area contributed by atoms with Gasteiger partial charge in [-0.05, 0) is 30.2 Å². The Bertz CT molecular complexity index is 786. The molecule has 1 N–H and O–H groups in total. The average molecular weight is 408 g/mol. The van der Waals surface area contributed by atoms with Crippen LogP contribution in [0.1, 0.15) is 29.8 Å². The van der Waals surface area contributed by atoms with Crippen molar-refractivity contribution in [2.75, 3.05) is 0 Å². The quantitative estimate of drug-likeness (QED) is 0.744. The van der Waals surface area contributed by atoms with Crippen LogP contribution in [0, 0.1) is 6.42 Å². The fourth-order valence-corrected chi connectivity index (χ4v) is 2.37. The predicted molar refractivity (Wildman–Crippen MR) is 73.9 cm³/mol. The molecular weight excluding hydrogens is 401 g/mol. The number of nitrogens with zero attached hydrogens (tertiary/aromatic N) is 2. The van der Waals surface area contributed by atoms with Gasteiger partial charge in [0.15, 0.2) is 5.60 Å². The van der Waals surface area contributed by atoms with Gasteiger partial charge < -0.3 is 9.63 Å². The fraction of sp³-hybridized carbons (Fsp3) is 0.308. The molecule has 1 aromatic heterocycles. The molecule has 0 saturated carbocycles. The lowest BCUT2D eigenvalue weighted by Gasteiger charge is -2.29. The third-order valence-corrected chi connectivity index (χ3v) is 3.66. The topological polar surface area (TPSA) is 59.2 Å². The van der Waals surface area contributed by atoms with E-state index in [1.165, 1.54) is 0 Å². The van der Waals surface area contributed by atoms with Crippen molar-refractivity contribution in [3.05, 3.63) is 51.4 Å². The number of benzene rings is 1. The van der Waals surface area contributed by atoms with E-state index in [4.69, 9.17) is 23.2 Å². The summed E-state index contributed by atoms with van der Waals surface area (Å²) < 4.78 is 81.1. The van der Waals surface area contributed by atoms with Crippen molar-refractivity contribution in [3.8, 4) is 0 Å². The summed E-state index contributed by atoms with van der Waals surface area (Å²) in [5, 5.41) is 11.9. The Morgan fingerprint density at radius 2 is 1.72 bits per heavy atom. The van der Waals surface area contributed by atoms with Gasteiger partial charge in [-0.3, -0.25) is 0 Å². The second-order valence-corrected chi connectivity index (χ2v) is 5.86. The molecule has 4 nitrogen and oxygen atoms in total. The van der Waals surface area contributed by atoms with Crippen LogP contribution >= 0.6 is 23.2 Å². The number of alkyl halides is 6. The van der Waals surface area contributed by atoms with E-state index in [-0.39, 0.29) is 10.0 Å². The van der Waals surface area contributed by atoms with Crippen LogP contribution in [0.4, 0.5) is 26.3 Å². The molecule has 1 aromatic carbocycles. The lowest BCUT2D eigenvalue weighted by molar-refractivity contribution is -0.259. The Labute approximate surface area is 146 Å². The average Bonchev–Trinajstić information content (AvgIpc) is 2.88. The maximum absolute atomic E-state index is 13.1. The van der Waals surface area contributed by atoms with Gasteiger partial charge in [0.25, 0.3) is 5.82 Å². The summed E-state index contributed by atoms with van der Waals surface area (Å²) in [6.45, 7) is 0.446. The second kappa shape index (κ2) is 6.33. The van der Waals surface area contributed by atoms with Crippen molar-refractivity contribution >= 4 is 23.2 Å². The predicted octanol–water partition coefficient (Wildman–Crippen LogP) is 4.77. The van der Waals surface area contributed by atoms with E-state index < -0.39 is 40.8 Å². The highest BCUT2D eigenvalue weighted by atomic mass is 35.5. The first-order valence-electron chi connectivity index (χ1n) is 6.28. The monoisotopic (exact) mass is 407 g/mol. The van der Waals surface area contributed by atoms with Crippen molar-refractivity contribution < 1.29 is 36.0 Å². The van der Waals surface area contributed by atoms with E-state index in [1.807, 2.05) is 0 Å². The molecule has 1 radical (unpaired) electrons. The lowest BCUT2D eigenvalue weighted by atomic mass is 9.89. The third kappa shape index (κ3) is 4.01. The van der Waals surface area contributed by atoms with Crippen LogP contribution in [0.25, 0.3) is 0 Å². The highest BCUT2D eigenvalue weighted by Gasteiger charge is 2.52. The van der Waals surface area contributed by atoms with Crippen LogP contribution in [-0.4, -0.2) is 21.4 Å². The van der Waals surface area contributed by atoms with Crippen molar-refractivity contribution in [1.82, 2.24) is 10.1 Å². The molecule has 2 aromatic rings. The molecular formula is C13H7Cl2F6N2O2. The van der Waals surface area contributed by atoms with Crippen LogP contribution in [0.3, 0.4) is 0 Å². The number of hydrogen-bond acceptors (Lipinski definition) is 4. The molecule has 137 valence electrons. The van der Waals surface area contributed by atoms with E-state index in [0.29, 0.717) is 13.3 Å². The first-order chi connectivity index (χ1) is 11.2. The van der Waals surface area contributed by atoms with E-state index >= 15 is 0 Å². The minimum atomic E-state index is -5.12. The van der Waals surface area contributed by atoms with Crippen LogP contribution in [0.5, 0.6) is 0 Å². The molecule has 1 atom stereocenters. The number of aromatic nitrogens is 2. The zero-order valence-electron chi connectivity index (χ0n) is 12.0. The summed E-state index contributed by atoms with van der Waals surface area (Å²) in [6, 6.07) is 1.83. The third-order valence-electron chi connectivity index (χ3n) is 3.13. The maximum Gasteiger partial charge on any atom is 0.455 e. The van der Waals surface area contributed by atoms with Gasteiger partial charge in [-0.25, -0.2) is 0 Å². The van der Waals surface area contributed by atoms with Gasteiger partial charge in [0.1, 0.15) is 0 Å². The molecule has 0 fully saturated rings. The molecule has 0 amide bonds. The number of halogens is 8. The fourth-order valence-electron chi connectivity index (χ4n) is 1.82. The molecule has 1 heterocycles. The van der Waals surface area contributed by atoms with Crippen LogP contribution in [0.15, 0.2) is 16.7 Å².